The van der Waals surface area contributed by atoms with E-state index in [0.29, 0.717) is 6.54 Å². The van der Waals surface area contributed by atoms with Gasteiger partial charge in [0.1, 0.15) is 5.76 Å². The van der Waals surface area contributed by atoms with E-state index < -0.39 is 0 Å². The molecular formula is C15H15N3O2S. The highest BCUT2D eigenvalue weighted by Gasteiger charge is 2.17. The van der Waals surface area contributed by atoms with Crippen molar-refractivity contribution in [2.45, 2.75) is 23.9 Å². The fourth-order valence-corrected chi connectivity index (χ4v) is 2.85. The van der Waals surface area contributed by atoms with Crippen LogP contribution in [0.25, 0.3) is 5.52 Å². The van der Waals surface area contributed by atoms with Gasteiger partial charge in [0.05, 0.1) is 29.8 Å². The number of furan rings is 1. The third-order valence-corrected chi connectivity index (χ3v) is 4.15. The Morgan fingerprint density at radius 3 is 3.14 bits per heavy atom. The third kappa shape index (κ3) is 3.11. The van der Waals surface area contributed by atoms with Gasteiger partial charge in [-0.2, -0.15) is 0 Å². The van der Waals surface area contributed by atoms with Crippen LogP contribution in [0.5, 0.6) is 0 Å². The molecule has 108 valence electrons. The molecule has 3 aromatic rings. The first kappa shape index (κ1) is 13.8. The number of hydrogen-bond acceptors (Lipinski definition) is 4. The average Bonchev–Trinajstić information content (AvgIpc) is 3.15. The molecule has 1 amide bonds. The molecule has 0 saturated heterocycles. The molecule has 1 atom stereocenters. The lowest BCUT2D eigenvalue weighted by atomic mass is 10.4. The standard InChI is InChI=1S/C15H15N3O2S/c1-11(14(19)16-10-13-6-4-8-20-13)21-15-17-9-12-5-2-3-7-18(12)15/h2-9,11H,10H2,1H3,(H,16,19). The molecule has 0 spiro atoms. The molecule has 3 aromatic heterocycles. The smallest absolute Gasteiger partial charge is 0.233 e. The molecule has 1 N–H and O–H groups in total. The summed E-state index contributed by atoms with van der Waals surface area (Å²) in [6, 6.07) is 9.53. The number of amides is 1. The van der Waals surface area contributed by atoms with Crippen molar-refractivity contribution in [3.63, 3.8) is 0 Å². The molecule has 0 fully saturated rings. The molecule has 0 aromatic carbocycles. The zero-order valence-electron chi connectivity index (χ0n) is 11.5. The van der Waals surface area contributed by atoms with Crippen molar-refractivity contribution in [3.8, 4) is 0 Å². The maximum absolute atomic E-state index is 12.1. The summed E-state index contributed by atoms with van der Waals surface area (Å²) in [5, 5.41) is 3.44. The summed E-state index contributed by atoms with van der Waals surface area (Å²) in [4.78, 5) is 16.4. The monoisotopic (exact) mass is 301 g/mol. The zero-order chi connectivity index (χ0) is 14.7. The number of fused-ring (bicyclic) bond motifs is 1. The summed E-state index contributed by atoms with van der Waals surface area (Å²) < 4.78 is 7.16. The Morgan fingerprint density at radius 1 is 1.43 bits per heavy atom. The summed E-state index contributed by atoms with van der Waals surface area (Å²) in [5.74, 6) is 0.705. The quantitative estimate of drug-likeness (QED) is 0.736. The van der Waals surface area contributed by atoms with E-state index in [2.05, 4.69) is 10.3 Å². The molecule has 0 saturated carbocycles. The van der Waals surface area contributed by atoms with E-state index in [9.17, 15) is 4.79 Å². The van der Waals surface area contributed by atoms with Crippen LogP contribution in [0.4, 0.5) is 0 Å². The Labute approximate surface area is 126 Å². The number of aromatic nitrogens is 2. The number of pyridine rings is 1. The summed E-state index contributed by atoms with van der Waals surface area (Å²) in [6.07, 6.45) is 5.34. The van der Waals surface area contributed by atoms with Crippen LogP contribution >= 0.6 is 11.8 Å². The van der Waals surface area contributed by atoms with Gasteiger partial charge in [0, 0.05) is 6.20 Å². The number of thioether (sulfide) groups is 1. The van der Waals surface area contributed by atoms with Crippen LogP contribution in [0, 0.1) is 0 Å². The van der Waals surface area contributed by atoms with Gasteiger partial charge in [-0.15, -0.1) is 0 Å². The van der Waals surface area contributed by atoms with E-state index in [-0.39, 0.29) is 11.2 Å². The van der Waals surface area contributed by atoms with E-state index in [1.165, 1.54) is 11.8 Å². The largest absolute Gasteiger partial charge is 0.467 e. The maximum Gasteiger partial charge on any atom is 0.233 e. The minimum Gasteiger partial charge on any atom is -0.467 e. The van der Waals surface area contributed by atoms with Crippen molar-refractivity contribution in [1.29, 1.82) is 0 Å². The van der Waals surface area contributed by atoms with Gasteiger partial charge in [-0.05, 0) is 31.2 Å². The maximum atomic E-state index is 12.1. The number of hydrogen-bond donors (Lipinski definition) is 1. The molecule has 3 heterocycles. The van der Waals surface area contributed by atoms with Gasteiger partial charge in [0.15, 0.2) is 5.16 Å². The van der Waals surface area contributed by atoms with Crippen LogP contribution in [0.2, 0.25) is 0 Å². The number of imidazole rings is 1. The minimum absolute atomic E-state index is 0.0379. The molecule has 3 rings (SSSR count). The van der Waals surface area contributed by atoms with Crippen LogP contribution in [0.3, 0.4) is 0 Å². The lowest BCUT2D eigenvalue weighted by Crippen LogP contribution is -2.30. The van der Waals surface area contributed by atoms with E-state index in [1.807, 2.05) is 41.8 Å². The zero-order valence-corrected chi connectivity index (χ0v) is 12.3. The van der Waals surface area contributed by atoms with Crippen LogP contribution in [-0.2, 0) is 11.3 Å². The molecule has 6 heteroatoms. The Hall–Kier alpha value is -2.21. The predicted octanol–water partition coefficient (Wildman–Crippen LogP) is 2.72. The number of carbonyl (C=O) groups excluding carboxylic acids is 1. The van der Waals surface area contributed by atoms with Crippen molar-refractivity contribution in [3.05, 3.63) is 54.7 Å². The highest BCUT2D eigenvalue weighted by Crippen LogP contribution is 2.23. The molecular weight excluding hydrogens is 286 g/mol. The Kier molecular flexibility index (Phi) is 3.96. The van der Waals surface area contributed by atoms with Gasteiger partial charge in [-0.1, -0.05) is 17.8 Å². The molecule has 21 heavy (non-hydrogen) atoms. The molecule has 0 aliphatic rings. The van der Waals surface area contributed by atoms with E-state index >= 15 is 0 Å². The van der Waals surface area contributed by atoms with Crippen LogP contribution in [-0.4, -0.2) is 20.5 Å². The predicted molar refractivity (Wildman–Crippen MR) is 81.1 cm³/mol. The number of rotatable bonds is 5. The van der Waals surface area contributed by atoms with E-state index in [1.54, 1.807) is 18.5 Å². The summed E-state index contributed by atoms with van der Waals surface area (Å²) in [5.41, 5.74) is 1.02. The van der Waals surface area contributed by atoms with Gasteiger partial charge in [-0.3, -0.25) is 9.20 Å². The summed E-state index contributed by atoms with van der Waals surface area (Å²) in [6.45, 7) is 2.27. The SMILES string of the molecule is CC(Sc1ncc2ccccn12)C(=O)NCc1ccco1. The van der Waals surface area contributed by atoms with Crippen LogP contribution < -0.4 is 5.32 Å². The van der Waals surface area contributed by atoms with Gasteiger partial charge < -0.3 is 9.73 Å². The topological polar surface area (TPSA) is 59.5 Å². The number of nitrogens with zero attached hydrogens (tertiary/aromatic N) is 2. The fraction of sp³-hybridized carbons (Fsp3) is 0.200. The first-order chi connectivity index (χ1) is 10.2. The second-order valence-corrected chi connectivity index (χ2v) is 5.90. The van der Waals surface area contributed by atoms with Crippen molar-refractivity contribution in [1.82, 2.24) is 14.7 Å². The number of nitrogens with one attached hydrogen (secondary N) is 1. The fourth-order valence-electron chi connectivity index (χ4n) is 1.95. The molecule has 0 bridgehead atoms. The normalized spacial score (nSPS) is 12.4. The van der Waals surface area contributed by atoms with E-state index in [4.69, 9.17) is 4.42 Å². The van der Waals surface area contributed by atoms with Gasteiger partial charge in [0.2, 0.25) is 5.91 Å². The van der Waals surface area contributed by atoms with E-state index in [0.717, 1.165) is 16.4 Å². The van der Waals surface area contributed by atoms with Crippen LogP contribution in [0.1, 0.15) is 12.7 Å². The number of carbonyl (C=O) groups is 1. The minimum atomic E-state index is -0.231. The Morgan fingerprint density at radius 2 is 2.33 bits per heavy atom. The summed E-state index contributed by atoms with van der Waals surface area (Å²) >= 11 is 1.43. The highest BCUT2D eigenvalue weighted by atomic mass is 32.2. The molecule has 0 aliphatic carbocycles. The molecule has 0 radical (unpaired) electrons. The van der Waals surface area contributed by atoms with Crippen molar-refractivity contribution < 1.29 is 9.21 Å². The van der Waals surface area contributed by atoms with Crippen molar-refractivity contribution in [2.24, 2.45) is 0 Å². The van der Waals surface area contributed by atoms with Crippen LogP contribution in [0.15, 0.2) is 58.6 Å². The second-order valence-electron chi connectivity index (χ2n) is 4.59. The molecule has 1 unspecified atom stereocenters. The summed E-state index contributed by atoms with van der Waals surface area (Å²) in [7, 11) is 0. The first-order valence-electron chi connectivity index (χ1n) is 6.63. The van der Waals surface area contributed by atoms with Gasteiger partial charge in [-0.25, -0.2) is 4.98 Å². The molecule has 5 nitrogen and oxygen atoms in total. The lowest BCUT2D eigenvalue weighted by molar-refractivity contribution is -0.120. The second kappa shape index (κ2) is 6.05. The highest BCUT2D eigenvalue weighted by molar-refractivity contribution is 8.00. The average molecular weight is 301 g/mol. The van der Waals surface area contributed by atoms with Gasteiger partial charge >= 0.3 is 0 Å². The van der Waals surface area contributed by atoms with Crippen molar-refractivity contribution in [2.75, 3.05) is 0 Å². The third-order valence-electron chi connectivity index (χ3n) is 3.07. The van der Waals surface area contributed by atoms with Crippen molar-refractivity contribution >= 4 is 23.2 Å². The molecule has 0 aliphatic heterocycles. The van der Waals surface area contributed by atoms with Gasteiger partial charge in [0.25, 0.3) is 0 Å². The Bertz CT molecular complexity index is 736. The lowest BCUT2D eigenvalue weighted by Gasteiger charge is -2.10. The first-order valence-corrected chi connectivity index (χ1v) is 7.51. The Balaban J connectivity index is 1.62.